The van der Waals surface area contributed by atoms with Crippen molar-refractivity contribution in [3.63, 3.8) is 0 Å². The van der Waals surface area contributed by atoms with E-state index in [-0.39, 0.29) is 6.61 Å². The Bertz CT molecular complexity index is 588. The summed E-state index contributed by atoms with van der Waals surface area (Å²) in [5.74, 6) is 0. The first-order chi connectivity index (χ1) is 8.77. The van der Waals surface area contributed by atoms with E-state index in [2.05, 4.69) is 26.2 Å². The molecule has 0 bridgehead atoms. The molecule has 2 rings (SSSR count). The van der Waals surface area contributed by atoms with Crippen LogP contribution in [0.3, 0.4) is 0 Å². The Morgan fingerprint density at radius 1 is 1.39 bits per heavy atom. The second-order valence-corrected chi connectivity index (χ2v) is 4.53. The number of nitriles is 1. The zero-order valence-electron chi connectivity index (χ0n) is 9.54. The maximum absolute atomic E-state index is 9.08. The summed E-state index contributed by atoms with van der Waals surface area (Å²) in [5, 5.41) is 25.8. The molecule has 18 heavy (non-hydrogen) atoms. The van der Waals surface area contributed by atoms with Crippen molar-refractivity contribution < 1.29 is 5.11 Å². The molecule has 0 saturated carbocycles. The fourth-order valence-corrected chi connectivity index (χ4v) is 2.16. The van der Waals surface area contributed by atoms with E-state index in [1.54, 1.807) is 4.68 Å². The summed E-state index contributed by atoms with van der Waals surface area (Å²) in [7, 11) is 0. The van der Waals surface area contributed by atoms with Crippen LogP contribution in [0, 0.1) is 11.3 Å². The molecule has 0 aliphatic heterocycles. The maximum Gasteiger partial charge on any atom is 0.190 e. The SMILES string of the molecule is N#Cc1nnn(CCCO)c1-c1ccccc1Br. The molecular formula is C12H11BrN4O. The smallest absolute Gasteiger partial charge is 0.190 e. The number of aliphatic hydroxyl groups excluding tert-OH is 1. The van der Waals surface area contributed by atoms with Crippen molar-refractivity contribution in [2.24, 2.45) is 0 Å². The summed E-state index contributed by atoms with van der Waals surface area (Å²) in [6, 6.07) is 9.64. The lowest BCUT2D eigenvalue weighted by atomic mass is 10.1. The molecule has 92 valence electrons. The summed E-state index contributed by atoms with van der Waals surface area (Å²) >= 11 is 3.46. The monoisotopic (exact) mass is 306 g/mol. The van der Waals surface area contributed by atoms with Crippen LogP contribution in [0.2, 0.25) is 0 Å². The Labute approximate surface area is 113 Å². The van der Waals surface area contributed by atoms with Gasteiger partial charge in [-0.2, -0.15) is 5.26 Å². The first-order valence-electron chi connectivity index (χ1n) is 5.47. The Morgan fingerprint density at radius 2 is 2.17 bits per heavy atom. The van der Waals surface area contributed by atoms with Crippen LogP contribution in [0.25, 0.3) is 11.3 Å². The average Bonchev–Trinajstić information content (AvgIpc) is 2.79. The normalized spacial score (nSPS) is 10.3. The van der Waals surface area contributed by atoms with Gasteiger partial charge in [-0.15, -0.1) is 5.10 Å². The van der Waals surface area contributed by atoms with Gasteiger partial charge in [0.05, 0.1) is 0 Å². The molecule has 2 aromatic rings. The number of benzene rings is 1. The zero-order chi connectivity index (χ0) is 13.0. The summed E-state index contributed by atoms with van der Waals surface area (Å²) in [6.45, 7) is 0.610. The van der Waals surface area contributed by atoms with Gasteiger partial charge in [-0.3, -0.25) is 0 Å². The molecule has 0 fully saturated rings. The molecule has 0 spiro atoms. The number of hydrogen-bond donors (Lipinski definition) is 1. The van der Waals surface area contributed by atoms with Crippen LogP contribution in [0.5, 0.6) is 0 Å². The molecule has 0 aliphatic rings. The van der Waals surface area contributed by atoms with Gasteiger partial charge in [-0.1, -0.05) is 39.3 Å². The van der Waals surface area contributed by atoms with E-state index in [1.807, 2.05) is 30.3 Å². The number of hydrogen-bond acceptors (Lipinski definition) is 4. The molecule has 0 radical (unpaired) electrons. The minimum Gasteiger partial charge on any atom is -0.396 e. The molecule has 1 heterocycles. The molecule has 1 N–H and O–H groups in total. The van der Waals surface area contributed by atoms with Crippen molar-refractivity contribution >= 4 is 15.9 Å². The van der Waals surface area contributed by atoms with Crippen molar-refractivity contribution in [3.8, 4) is 17.3 Å². The zero-order valence-corrected chi connectivity index (χ0v) is 11.1. The highest BCUT2D eigenvalue weighted by atomic mass is 79.9. The molecule has 0 unspecified atom stereocenters. The highest BCUT2D eigenvalue weighted by molar-refractivity contribution is 9.10. The van der Waals surface area contributed by atoms with Gasteiger partial charge in [0.15, 0.2) is 5.69 Å². The van der Waals surface area contributed by atoms with E-state index in [1.165, 1.54) is 0 Å². The van der Waals surface area contributed by atoms with E-state index in [0.717, 1.165) is 10.0 Å². The van der Waals surface area contributed by atoms with Crippen molar-refractivity contribution in [1.82, 2.24) is 15.0 Å². The third-order valence-electron chi connectivity index (χ3n) is 2.50. The van der Waals surface area contributed by atoms with E-state index >= 15 is 0 Å². The quantitative estimate of drug-likeness (QED) is 0.937. The summed E-state index contributed by atoms with van der Waals surface area (Å²) in [4.78, 5) is 0. The van der Waals surface area contributed by atoms with Gasteiger partial charge in [0, 0.05) is 23.2 Å². The van der Waals surface area contributed by atoms with Gasteiger partial charge >= 0.3 is 0 Å². The topological polar surface area (TPSA) is 74.7 Å². The van der Waals surface area contributed by atoms with Gasteiger partial charge in [0.1, 0.15) is 11.8 Å². The second kappa shape index (κ2) is 5.76. The van der Waals surface area contributed by atoms with Crippen LogP contribution in [0.1, 0.15) is 12.1 Å². The number of rotatable bonds is 4. The van der Waals surface area contributed by atoms with Gasteiger partial charge in [0.2, 0.25) is 0 Å². The van der Waals surface area contributed by atoms with Crippen molar-refractivity contribution in [3.05, 3.63) is 34.4 Å². The molecule has 0 amide bonds. The highest BCUT2D eigenvalue weighted by Crippen LogP contribution is 2.29. The van der Waals surface area contributed by atoms with Gasteiger partial charge < -0.3 is 5.11 Å². The molecule has 5 nitrogen and oxygen atoms in total. The van der Waals surface area contributed by atoms with Gasteiger partial charge in [-0.25, -0.2) is 4.68 Å². The Morgan fingerprint density at radius 3 is 2.83 bits per heavy atom. The predicted octanol–water partition coefficient (Wildman–Crippen LogP) is 1.96. The highest BCUT2D eigenvalue weighted by Gasteiger charge is 2.16. The molecule has 0 aliphatic carbocycles. The number of aliphatic hydroxyl groups is 1. The van der Waals surface area contributed by atoms with Gasteiger partial charge in [0.25, 0.3) is 0 Å². The predicted molar refractivity (Wildman–Crippen MR) is 69.6 cm³/mol. The van der Waals surface area contributed by atoms with Crippen molar-refractivity contribution in [2.45, 2.75) is 13.0 Å². The minimum absolute atomic E-state index is 0.0805. The largest absolute Gasteiger partial charge is 0.396 e. The lowest BCUT2D eigenvalue weighted by Gasteiger charge is -2.07. The van der Waals surface area contributed by atoms with E-state index < -0.39 is 0 Å². The Balaban J connectivity index is 2.51. The van der Waals surface area contributed by atoms with Crippen molar-refractivity contribution in [1.29, 1.82) is 5.26 Å². The van der Waals surface area contributed by atoms with Gasteiger partial charge in [-0.05, 0) is 12.5 Å². The number of aromatic nitrogens is 3. The second-order valence-electron chi connectivity index (χ2n) is 3.68. The van der Waals surface area contributed by atoms with Crippen LogP contribution in [-0.4, -0.2) is 26.7 Å². The number of nitrogens with zero attached hydrogens (tertiary/aromatic N) is 4. The van der Waals surface area contributed by atoms with E-state index in [4.69, 9.17) is 10.4 Å². The van der Waals surface area contributed by atoms with Crippen LogP contribution in [-0.2, 0) is 6.54 Å². The fraction of sp³-hybridized carbons (Fsp3) is 0.250. The number of halogens is 1. The third-order valence-corrected chi connectivity index (χ3v) is 3.19. The standard InChI is InChI=1S/C12H11BrN4O/c13-10-5-2-1-4-9(10)12-11(8-14)15-16-17(12)6-3-7-18/h1-2,4-5,18H,3,6-7H2. The minimum atomic E-state index is 0.0805. The molecule has 1 aromatic carbocycles. The molecule has 0 saturated heterocycles. The summed E-state index contributed by atoms with van der Waals surface area (Å²) < 4.78 is 2.53. The first-order valence-corrected chi connectivity index (χ1v) is 6.26. The van der Waals surface area contributed by atoms with Crippen molar-refractivity contribution in [2.75, 3.05) is 6.61 Å². The summed E-state index contributed by atoms with van der Waals surface area (Å²) in [6.07, 6.45) is 0.575. The van der Waals surface area contributed by atoms with Crippen LogP contribution in [0.4, 0.5) is 0 Å². The third kappa shape index (κ3) is 2.42. The first kappa shape index (κ1) is 12.7. The molecular weight excluding hydrogens is 296 g/mol. The van der Waals surface area contributed by atoms with Crippen LogP contribution >= 0.6 is 15.9 Å². The molecule has 6 heteroatoms. The molecule has 1 aromatic heterocycles. The average molecular weight is 307 g/mol. The molecule has 0 atom stereocenters. The fourth-order valence-electron chi connectivity index (χ4n) is 1.69. The van der Waals surface area contributed by atoms with Crippen LogP contribution in [0.15, 0.2) is 28.7 Å². The summed E-state index contributed by atoms with van der Waals surface area (Å²) in [5.41, 5.74) is 1.84. The van der Waals surface area contributed by atoms with Crippen LogP contribution < -0.4 is 0 Å². The lowest BCUT2D eigenvalue weighted by molar-refractivity contribution is 0.276. The van der Waals surface area contributed by atoms with E-state index in [0.29, 0.717) is 24.4 Å². The Kier molecular flexibility index (Phi) is 4.07. The number of aryl methyl sites for hydroxylation is 1. The lowest BCUT2D eigenvalue weighted by Crippen LogP contribution is -2.04. The van der Waals surface area contributed by atoms with E-state index in [9.17, 15) is 0 Å². The maximum atomic E-state index is 9.08. The Hall–Kier alpha value is -1.71.